The molecule has 0 bridgehead atoms. The van der Waals surface area contributed by atoms with Gasteiger partial charge in [-0.2, -0.15) is 0 Å². The number of hydrogen-bond donors (Lipinski definition) is 0. The minimum Gasteiger partial charge on any atom is -0.117 e. The number of aryl methyl sites for hydroxylation is 1. The van der Waals surface area contributed by atoms with E-state index in [9.17, 15) is 0 Å². The van der Waals surface area contributed by atoms with Crippen molar-refractivity contribution in [2.24, 2.45) is 0 Å². The fourth-order valence-electron chi connectivity index (χ4n) is 1.89. The van der Waals surface area contributed by atoms with E-state index in [0.29, 0.717) is 0 Å². The van der Waals surface area contributed by atoms with Gasteiger partial charge in [-0.15, -0.1) is 11.6 Å². The molecule has 0 aromatic heterocycles. The SMILES string of the molecule is Cc1cccc(C(Cl)Cc2cccc(Br)c2)c1Cl. The second kappa shape index (κ2) is 6.10. The van der Waals surface area contributed by atoms with Crippen molar-refractivity contribution in [2.45, 2.75) is 18.7 Å². The molecule has 0 spiro atoms. The molecule has 0 saturated carbocycles. The fraction of sp³-hybridized carbons (Fsp3) is 0.200. The largest absolute Gasteiger partial charge is 0.117 e. The summed E-state index contributed by atoms with van der Waals surface area (Å²) >= 11 is 16.2. The van der Waals surface area contributed by atoms with Crippen LogP contribution in [-0.2, 0) is 6.42 Å². The first-order valence-corrected chi connectivity index (χ1v) is 7.32. The summed E-state index contributed by atoms with van der Waals surface area (Å²) in [6.07, 6.45) is 0.768. The third-order valence-electron chi connectivity index (χ3n) is 2.86. The van der Waals surface area contributed by atoms with Gasteiger partial charge in [0.1, 0.15) is 0 Å². The molecule has 0 amide bonds. The normalized spacial score (nSPS) is 12.4. The third-order valence-corrected chi connectivity index (χ3v) is 4.26. The van der Waals surface area contributed by atoms with Crippen LogP contribution >= 0.6 is 39.1 Å². The molecule has 0 saturated heterocycles. The smallest absolute Gasteiger partial charge is 0.0640 e. The lowest BCUT2D eigenvalue weighted by Crippen LogP contribution is -1.98. The van der Waals surface area contributed by atoms with E-state index in [2.05, 4.69) is 28.1 Å². The van der Waals surface area contributed by atoms with Gasteiger partial charge >= 0.3 is 0 Å². The molecule has 3 heteroatoms. The Morgan fingerprint density at radius 1 is 1.17 bits per heavy atom. The highest BCUT2D eigenvalue weighted by Crippen LogP contribution is 2.32. The zero-order chi connectivity index (χ0) is 13.1. The highest BCUT2D eigenvalue weighted by molar-refractivity contribution is 9.10. The van der Waals surface area contributed by atoms with Gasteiger partial charge in [0.15, 0.2) is 0 Å². The average Bonchev–Trinajstić information content (AvgIpc) is 2.32. The van der Waals surface area contributed by atoms with Crippen LogP contribution in [0.4, 0.5) is 0 Å². The van der Waals surface area contributed by atoms with Crippen molar-refractivity contribution in [3.05, 3.63) is 68.7 Å². The number of benzene rings is 2. The minimum atomic E-state index is -0.105. The molecule has 2 aromatic rings. The van der Waals surface area contributed by atoms with Gasteiger partial charge in [0.25, 0.3) is 0 Å². The van der Waals surface area contributed by atoms with Crippen molar-refractivity contribution in [1.82, 2.24) is 0 Å². The van der Waals surface area contributed by atoms with Crippen LogP contribution < -0.4 is 0 Å². The summed E-state index contributed by atoms with van der Waals surface area (Å²) in [5.74, 6) is 0. The molecule has 0 aliphatic heterocycles. The summed E-state index contributed by atoms with van der Waals surface area (Å²) in [5, 5.41) is 0.666. The molecule has 94 valence electrons. The maximum absolute atomic E-state index is 6.47. The monoisotopic (exact) mass is 342 g/mol. The topological polar surface area (TPSA) is 0 Å². The Morgan fingerprint density at radius 3 is 2.61 bits per heavy atom. The Balaban J connectivity index is 2.22. The van der Waals surface area contributed by atoms with Crippen molar-refractivity contribution in [3.8, 4) is 0 Å². The second-order valence-corrected chi connectivity index (χ2v) is 6.10. The number of alkyl halides is 1. The molecule has 1 unspecified atom stereocenters. The van der Waals surface area contributed by atoms with E-state index in [1.807, 2.05) is 37.3 Å². The van der Waals surface area contributed by atoms with Gasteiger partial charge in [0.2, 0.25) is 0 Å². The van der Waals surface area contributed by atoms with Crippen LogP contribution in [0, 0.1) is 6.92 Å². The molecule has 0 nitrogen and oxygen atoms in total. The Kier molecular flexibility index (Phi) is 4.71. The summed E-state index contributed by atoms with van der Waals surface area (Å²) in [6.45, 7) is 1.99. The van der Waals surface area contributed by atoms with Gasteiger partial charge in [0, 0.05) is 9.50 Å². The van der Waals surface area contributed by atoms with Crippen molar-refractivity contribution < 1.29 is 0 Å². The van der Waals surface area contributed by atoms with Crippen LogP contribution in [0.1, 0.15) is 22.1 Å². The van der Waals surface area contributed by atoms with Crippen molar-refractivity contribution in [3.63, 3.8) is 0 Å². The second-order valence-electron chi connectivity index (χ2n) is 4.28. The van der Waals surface area contributed by atoms with Crippen LogP contribution in [-0.4, -0.2) is 0 Å². The first-order valence-electron chi connectivity index (χ1n) is 5.71. The van der Waals surface area contributed by atoms with E-state index in [1.165, 1.54) is 5.56 Å². The zero-order valence-electron chi connectivity index (χ0n) is 9.96. The van der Waals surface area contributed by atoms with E-state index >= 15 is 0 Å². The number of halogens is 3. The molecule has 2 aromatic carbocycles. The van der Waals surface area contributed by atoms with Gasteiger partial charge in [-0.05, 0) is 42.2 Å². The van der Waals surface area contributed by atoms with Crippen LogP contribution in [0.15, 0.2) is 46.9 Å². The molecule has 2 rings (SSSR count). The maximum Gasteiger partial charge on any atom is 0.0640 e. The Hall–Kier alpha value is -0.500. The highest BCUT2D eigenvalue weighted by Gasteiger charge is 2.13. The standard InChI is InChI=1S/C15H13BrCl2/c1-10-4-2-7-13(15(10)18)14(17)9-11-5-3-6-12(16)8-11/h2-8,14H,9H2,1H3. The molecule has 0 heterocycles. The summed E-state index contributed by atoms with van der Waals surface area (Å²) < 4.78 is 1.07. The molecule has 0 N–H and O–H groups in total. The Morgan fingerprint density at radius 2 is 1.89 bits per heavy atom. The zero-order valence-corrected chi connectivity index (χ0v) is 13.1. The lowest BCUT2D eigenvalue weighted by molar-refractivity contribution is 0.917. The molecule has 0 aliphatic rings. The van der Waals surface area contributed by atoms with Crippen molar-refractivity contribution in [2.75, 3.05) is 0 Å². The first kappa shape index (κ1) is 13.9. The number of hydrogen-bond acceptors (Lipinski definition) is 0. The lowest BCUT2D eigenvalue weighted by Gasteiger charge is -2.13. The maximum atomic E-state index is 6.47. The molecular formula is C15H13BrCl2. The van der Waals surface area contributed by atoms with Crippen molar-refractivity contribution >= 4 is 39.1 Å². The summed E-state index contributed by atoms with van der Waals surface area (Å²) in [4.78, 5) is 0. The number of rotatable bonds is 3. The lowest BCUT2D eigenvalue weighted by atomic mass is 10.0. The van der Waals surface area contributed by atoms with Gasteiger partial charge in [-0.1, -0.05) is 57.9 Å². The third kappa shape index (κ3) is 3.28. The molecule has 18 heavy (non-hydrogen) atoms. The average molecular weight is 344 g/mol. The van der Waals surface area contributed by atoms with Crippen LogP contribution in [0.25, 0.3) is 0 Å². The summed E-state index contributed by atoms with van der Waals surface area (Å²) in [6, 6.07) is 14.2. The molecule has 0 fully saturated rings. The van der Waals surface area contributed by atoms with Crippen LogP contribution in [0.5, 0.6) is 0 Å². The molecule has 0 radical (unpaired) electrons. The first-order chi connectivity index (χ1) is 8.58. The van der Waals surface area contributed by atoms with Crippen LogP contribution in [0.2, 0.25) is 5.02 Å². The minimum absolute atomic E-state index is 0.105. The van der Waals surface area contributed by atoms with Gasteiger partial charge in [0.05, 0.1) is 5.38 Å². The summed E-state index contributed by atoms with van der Waals surface area (Å²) in [5.41, 5.74) is 3.26. The molecular weight excluding hydrogens is 331 g/mol. The quantitative estimate of drug-likeness (QED) is 0.605. The van der Waals surface area contributed by atoms with E-state index in [4.69, 9.17) is 23.2 Å². The van der Waals surface area contributed by atoms with Gasteiger partial charge < -0.3 is 0 Å². The van der Waals surface area contributed by atoms with Crippen molar-refractivity contribution in [1.29, 1.82) is 0 Å². The van der Waals surface area contributed by atoms with E-state index < -0.39 is 0 Å². The van der Waals surface area contributed by atoms with E-state index in [-0.39, 0.29) is 5.38 Å². The molecule has 0 aliphatic carbocycles. The van der Waals surface area contributed by atoms with Gasteiger partial charge in [-0.25, -0.2) is 0 Å². The van der Waals surface area contributed by atoms with Crippen LogP contribution in [0.3, 0.4) is 0 Å². The molecule has 1 atom stereocenters. The van der Waals surface area contributed by atoms with Gasteiger partial charge in [-0.3, -0.25) is 0 Å². The fourth-order valence-corrected chi connectivity index (χ4v) is 3.01. The Labute approximate surface area is 126 Å². The predicted molar refractivity (Wildman–Crippen MR) is 82.6 cm³/mol. The van der Waals surface area contributed by atoms with E-state index in [0.717, 1.165) is 27.0 Å². The highest BCUT2D eigenvalue weighted by atomic mass is 79.9. The predicted octanol–water partition coefficient (Wildman–Crippen LogP) is 5.93. The van der Waals surface area contributed by atoms with E-state index in [1.54, 1.807) is 0 Å². The summed E-state index contributed by atoms with van der Waals surface area (Å²) in [7, 11) is 0. The Bertz CT molecular complexity index is 552.